The van der Waals surface area contributed by atoms with Gasteiger partial charge in [-0.25, -0.2) is 0 Å². The molecule has 0 saturated carbocycles. The largest absolute Gasteiger partial charge is 0.508 e. The summed E-state index contributed by atoms with van der Waals surface area (Å²) in [5.41, 5.74) is 0.125. The quantitative estimate of drug-likeness (QED) is 0.772. The van der Waals surface area contributed by atoms with E-state index in [-0.39, 0.29) is 30.2 Å². The van der Waals surface area contributed by atoms with Crippen LogP contribution in [0.4, 0.5) is 0 Å². The normalized spacial score (nSPS) is 10.1. The Kier molecular flexibility index (Phi) is 5.83. The highest BCUT2D eigenvalue weighted by Gasteiger charge is 2.19. The number of phenolic OH excluding ortho intramolecular Hbond substituents is 2. The molecule has 1 aromatic rings. The van der Waals surface area contributed by atoms with E-state index in [4.69, 9.17) is 4.74 Å². The minimum Gasteiger partial charge on any atom is -0.508 e. The predicted molar refractivity (Wildman–Crippen MR) is 72.6 cm³/mol. The van der Waals surface area contributed by atoms with Gasteiger partial charge in [0.25, 0.3) is 5.91 Å². The maximum atomic E-state index is 12.3. The van der Waals surface area contributed by atoms with Crippen molar-refractivity contribution in [1.82, 2.24) is 4.90 Å². The summed E-state index contributed by atoms with van der Waals surface area (Å²) in [6.45, 7) is 4.05. The smallest absolute Gasteiger partial charge is 0.325 e. The first-order valence-electron chi connectivity index (χ1n) is 6.45. The maximum Gasteiger partial charge on any atom is 0.325 e. The Bertz CT molecular complexity index is 466. The first-order chi connectivity index (χ1) is 9.47. The molecule has 110 valence electrons. The molecule has 6 nitrogen and oxygen atoms in total. The topological polar surface area (TPSA) is 87.1 Å². The van der Waals surface area contributed by atoms with Crippen molar-refractivity contribution in [3.8, 4) is 11.5 Å². The van der Waals surface area contributed by atoms with Crippen LogP contribution in [0.3, 0.4) is 0 Å². The van der Waals surface area contributed by atoms with E-state index >= 15 is 0 Å². The zero-order valence-corrected chi connectivity index (χ0v) is 11.6. The molecule has 0 atom stereocenters. The Morgan fingerprint density at radius 3 is 2.25 bits per heavy atom. The third-order valence-electron chi connectivity index (χ3n) is 2.56. The summed E-state index contributed by atoms with van der Waals surface area (Å²) in [5, 5.41) is 18.8. The maximum absolute atomic E-state index is 12.3. The standard InChI is InChI=1S/C14H19NO5/c1-3-5-15(9-13(18)20-4-2)14(19)10-6-11(16)8-12(17)7-10/h6-8,16-17H,3-5,9H2,1-2H3. The number of carbonyl (C=O) groups excluding carboxylic acids is 2. The fourth-order valence-electron chi connectivity index (χ4n) is 1.79. The highest BCUT2D eigenvalue weighted by molar-refractivity contribution is 5.96. The minimum atomic E-state index is -0.487. The number of hydrogen-bond acceptors (Lipinski definition) is 5. The molecule has 1 rings (SSSR count). The lowest BCUT2D eigenvalue weighted by Gasteiger charge is -2.21. The van der Waals surface area contributed by atoms with Crippen LogP contribution in [-0.4, -0.2) is 46.7 Å². The summed E-state index contributed by atoms with van der Waals surface area (Å²) in [7, 11) is 0. The number of esters is 1. The molecule has 0 fully saturated rings. The third kappa shape index (κ3) is 4.46. The Balaban J connectivity index is 2.89. The van der Waals surface area contributed by atoms with Crippen LogP contribution in [0.1, 0.15) is 30.6 Å². The van der Waals surface area contributed by atoms with E-state index in [2.05, 4.69) is 0 Å². The van der Waals surface area contributed by atoms with Crippen LogP contribution >= 0.6 is 0 Å². The van der Waals surface area contributed by atoms with Gasteiger partial charge in [-0.1, -0.05) is 6.92 Å². The summed E-state index contributed by atoms with van der Waals surface area (Å²) in [4.78, 5) is 25.1. The predicted octanol–water partition coefficient (Wildman–Crippen LogP) is 1.51. The Labute approximate surface area is 117 Å². The molecule has 0 spiro atoms. The van der Waals surface area contributed by atoms with Crippen molar-refractivity contribution < 1.29 is 24.5 Å². The van der Waals surface area contributed by atoms with Crippen LogP contribution in [-0.2, 0) is 9.53 Å². The number of carbonyl (C=O) groups is 2. The van der Waals surface area contributed by atoms with Crippen molar-refractivity contribution in [2.24, 2.45) is 0 Å². The lowest BCUT2D eigenvalue weighted by molar-refractivity contribution is -0.143. The number of hydrogen-bond donors (Lipinski definition) is 2. The number of benzene rings is 1. The second kappa shape index (κ2) is 7.37. The molecule has 0 bridgehead atoms. The second-order valence-corrected chi connectivity index (χ2v) is 4.27. The zero-order valence-electron chi connectivity index (χ0n) is 11.6. The second-order valence-electron chi connectivity index (χ2n) is 4.27. The Morgan fingerprint density at radius 2 is 1.75 bits per heavy atom. The first kappa shape index (κ1) is 15.8. The van der Waals surface area contributed by atoms with Crippen molar-refractivity contribution in [2.75, 3.05) is 19.7 Å². The van der Waals surface area contributed by atoms with Crippen LogP contribution in [0, 0.1) is 0 Å². The van der Waals surface area contributed by atoms with E-state index in [1.54, 1.807) is 6.92 Å². The first-order valence-corrected chi connectivity index (χ1v) is 6.45. The zero-order chi connectivity index (χ0) is 15.1. The molecular formula is C14H19NO5. The molecule has 0 aliphatic rings. The van der Waals surface area contributed by atoms with E-state index in [9.17, 15) is 19.8 Å². The van der Waals surface area contributed by atoms with E-state index in [1.165, 1.54) is 17.0 Å². The molecular weight excluding hydrogens is 262 g/mol. The Hall–Kier alpha value is -2.24. The van der Waals surface area contributed by atoms with Gasteiger partial charge in [0, 0.05) is 18.2 Å². The lowest BCUT2D eigenvalue weighted by atomic mass is 10.1. The number of rotatable bonds is 6. The molecule has 20 heavy (non-hydrogen) atoms. The molecule has 0 aromatic heterocycles. The fourth-order valence-corrected chi connectivity index (χ4v) is 1.79. The van der Waals surface area contributed by atoms with Crippen molar-refractivity contribution >= 4 is 11.9 Å². The monoisotopic (exact) mass is 281 g/mol. The molecule has 2 N–H and O–H groups in total. The lowest BCUT2D eigenvalue weighted by Crippen LogP contribution is -2.37. The van der Waals surface area contributed by atoms with E-state index in [1.807, 2.05) is 6.92 Å². The highest BCUT2D eigenvalue weighted by atomic mass is 16.5. The van der Waals surface area contributed by atoms with Crippen molar-refractivity contribution in [3.63, 3.8) is 0 Å². The van der Waals surface area contributed by atoms with Gasteiger partial charge in [-0.15, -0.1) is 0 Å². The minimum absolute atomic E-state index is 0.125. The molecule has 0 saturated heterocycles. The average molecular weight is 281 g/mol. The number of aromatic hydroxyl groups is 2. The van der Waals surface area contributed by atoms with Crippen molar-refractivity contribution in [2.45, 2.75) is 20.3 Å². The van der Waals surface area contributed by atoms with Crippen LogP contribution in [0.2, 0.25) is 0 Å². The summed E-state index contributed by atoms with van der Waals surface area (Å²) in [6.07, 6.45) is 0.677. The fraction of sp³-hybridized carbons (Fsp3) is 0.429. The number of nitrogens with zero attached hydrogens (tertiary/aromatic N) is 1. The van der Waals surface area contributed by atoms with Gasteiger partial charge >= 0.3 is 5.97 Å². The third-order valence-corrected chi connectivity index (χ3v) is 2.56. The van der Waals surface area contributed by atoms with E-state index in [0.29, 0.717) is 13.0 Å². The van der Waals surface area contributed by atoms with Crippen LogP contribution in [0.15, 0.2) is 18.2 Å². The summed E-state index contributed by atoms with van der Waals surface area (Å²) >= 11 is 0. The highest BCUT2D eigenvalue weighted by Crippen LogP contribution is 2.21. The molecule has 0 heterocycles. The van der Waals surface area contributed by atoms with E-state index < -0.39 is 11.9 Å². The van der Waals surface area contributed by atoms with Gasteiger partial charge in [-0.3, -0.25) is 9.59 Å². The summed E-state index contributed by atoms with van der Waals surface area (Å²) in [5.74, 6) is -1.34. The molecule has 1 aromatic carbocycles. The number of phenols is 2. The molecule has 0 unspecified atom stereocenters. The summed E-state index contributed by atoms with van der Waals surface area (Å²) < 4.78 is 4.82. The molecule has 0 aliphatic carbocycles. The van der Waals surface area contributed by atoms with Crippen LogP contribution in [0.5, 0.6) is 11.5 Å². The SMILES string of the molecule is CCCN(CC(=O)OCC)C(=O)c1cc(O)cc(O)c1. The molecule has 0 aliphatic heterocycles. The van der Waals surface area contributed by atoms with Crippen LogP contribution in [0.25, 0.3) is 0 Å². The Morgan fingerprint density at radius 1 is 1.15 bits per heavy atom. The van der Waals surface area contributed by atoms with Gasteiger partial charge in [-0.05, 0) is 25.5 Å². The molecule has 6 heteroatoms. The number of amides is 1. The van der Waals surface area contributed by atoms with Crippen molar-refractivity contribution in [1.29, 1.82) is 0 Å². The number of ether oxygens (including phenoxy) is 1. The van der Waals surface area contributed by atoms with Gasteiger partial charge in [0.2, 0.25) is 0 Å². The van der Waals surface area contributed by atoms with Gasteiger partial charge in [-0.2, -0.15) is 0 Å². The van der Waals surface area contributed by atoms with Gasteiger partial charge in [0.15, 0.2) is 0 Å². The summed E-state index contributed by atoms with van der Waals surface area (Å²) in [6, 6.07) is 3.62. The van der Waals surface area contributed by atoms with Crippen LogP contribution < -0.4 is 0 Å². The van der Waals surface area contributed by atoms with Gasteiger partial charge in [0.05, 0.1) is 6.61 Å². The van der Waals surface area contributed by atoms with E-state index in [0.717, 1.165) is 6.07 Å². The van der Waals surface area contributed by atoms with Gasteiger partial charge < -0.3 is 19.8 Å². The van der Waals surface area contributed by atoms with Crippen molar-refractivity contribution in [3.05, 3.63) is 23.8 Å². The van der Waals surface area contributed by atoms with Gasteiger partial charge in [0.1, 0.15) is 18.0 Å². The average Bonchev–Trinajstić information content (AvgIpc) is 2.36. The molecule has 1 amide bonds. The molecule has 0 radical (unpaired) electrons.